The van der Waals surface area contributed by atoms with Gasteiger partial charge in [-0.05, 0) is 44.4 Å². The van der Waals surface area contributed by atoms with E-state index >= 15 is 0 Å². The topological polar surface area (TPSA) is 56.7 Å². The fourth-order valence-electron chi connectivity index (χ4n) is 2.22. The maximum atomic E-state index is 13.1. The number of nitrogens with two attached hydrogens (primary N) is 1. The molecule has 5 heteroatoms. The van der Waals surface area contributed by atoms with E-state index in [0.29, 0.717) is 6.54 Å². The molecule has 0 saturated carbocycles. The van der Waals surface area contributed by atoms with Crippen molar-refractivity contribution in [2.24, 2.45) is 5.73 Å². The quantitative estimate of drug-likeness (QED) is 0.916. The molecular weight excluding hydrogens is 243 g/mol. The number of pyridine rings is 1. The van der Waals surface area contributed by atoms with Crippen LogP contribution in [0.2, 0.25) is 0 Å². The van der Waals surface area contributed by atoms with E-state index in [9.17, 15) is 4.39 Å². The number of hydrogen-bond donors (Lipinski definition) is 1. The Hall–Kier alpha value is -1.75. The lowest BCUT2D eigenvalue weighted by atomic mass is 10.1. The Morgan fingerprint density at radius 1 is 1.37 bits per heavy atom. The van der Waals surface area contributed by atoms with Crippen molar-refractivity contribution in [2.75, 3.05) is 0 Å². The lowest BCUT2D eigenvalue weighted by Crippen LogP contribution is -2.18. The number of rotatable bonds is 4. The molecule has 2 aromatic heterocycles. The third-order valence-corrected chi connectivity index (χ3v) is 3.15. The number of hydrogen-bond acceptors (Lipinski definition) is 3. The van der Waals surface area contributed by atoms with Gasteiger partial charge in [0.2, 0.25) is 0 Å². The van der Waals surface area contributed by atoms with Gasteiger partial charge in [-0.3, -0.25) is 9.67 Å². The molecule has 0 aliphatic carbocycles. The van der Waals surface area contributed by atoms with Crippen molar-refractivity contribution in [3.8, 4) is 0 Å². The molecule has 0 fully saturated rings. The summed E-state index contributed by atoms with van der Waals surface area (Å²) in [5.74, 6) is -0.324. The van der Waals surface area contributed by atoms with E-state index in [-0.39, 0.29) is 11.9 Å². The van der Waals surface area contributed by atoms with Crippen molar-refractivity contribution >= 4 is 0 Å². The van der Waals surface area contributed by atoms with Gasteiger partial charge in [-0.1, -0.05) is 0 Å². The Kier molecular flexibility index (Phi) is 3.95. The van der Waals surface area contributed by atoms with Crippen molar-refractivity contribution in [3.63, 3.8) is 0 Å². The first-order valence-corrected chi connectivity index (χ1v) is 6.35. The van der Waals surface area contributed by atoms with Gasteiger partial charge in [-0.2, -0.15) is 5.10 Å². The molecule has 1 unspecified atom stereocenters. The van der Waals surface area contributed by atoms with Gasteiger partial charge in [-0.15, -0.1) is 0 Å². The molecule has 2 aromatic rings. The molecule has 4 nitrogen and oxygen atoms in total. The SMILES string of the molecule is Cc1nn(Cc2cncc(F)c2)c(C)c1CC(C)N. The molecule has 19 heavy (non-hydrogen) atoms. The lowest BCUT2D eigenvalue weighted by Gasteiger charge is -2.07. The van der Waals surface area contributed by atoms with Crippen LogP contribution in [0.5, 0.6) is 0 Å². The molecule has 0 aliphatic heterocycles. The summed E-state index contributed by atoms with van der Waals surface area (Å²) in [5.41, 5.74) is 9.90. The minimum Gasteiger partial charge on any atom is -0.328 e. The average molecular weight is 262 g/mol. The van der Waals surface area contributed by atoms with E-state index < -0.39 is 0 Å². The van der Waals surface area contributed by atoms with E-state index in [1.807, 2.05) is 25.5 Å². The third kappa shape index (κ3) is 3.17. The second-order valence-electron chi connectivity index (χ2n) is 5.00. The molecule has 0 bridgehead atoms. The molecule has 2 heterocycles. The summed E-state index contributed by atoms with van der Waals surface area (Å²) in [6.07, 6.45) is 3.66. The van der Waals surface area contributed by atoms with E-state index in [2.05, 4.69) is 10.1 Å². The van der Waals surface area contributed by atoms with Crippen LogP contribution in [-0.2, 0) is 13.0 Å². The smallest absolute Gasteiger partial charge is 0.141 e. The van der Waals surface area contributed by atoms with Crippen LogP contribution in [0.1, 0.15) is 29.4 Å². The van der Waals surface area contributed by atoms with Crippen LogP contribution in [0.25, 0.3) is 0 Å². The molecule has 0 amide bonds. The predicted octanol–water partition coefficient (Wildman–Crippen LogP) is 1.97. The summed E-state index contributed by atoms with van der Waals surface area (Å²) in [4.78, 5) is 3.85. The highest BCUT2D eigenvalue weighted by Crippen LogP contribution is 2.16. The number of halogens is 1. The summed E-state index contributed by atoms with van der Waals surface area (Å²) >= 11 is 0. The first-order chi connectivity index (χ1) is 8.97. The van der Waals surface area contributed by atoms with Crippen LogP contribution in [-0.4, -0.2) is 20.8 Å². The van der Waals surface area contributed by atoms with Crippen LogP contribution in [0.4, 0.5) is 4.39 Å². The first-order valence-electron chi connectivity index (χ1n) is 6.35. The maximum absolute atomic E-state index is 13.1. The molecule has 0 saturated heterocycles. The highest BCUT2D eigenvalue weighted by molar-refractivity contribution is 5.26. The highest BCUT2D eigenvalue weighted by atomic mass is 19.1. The Morgan fingerprint density at radius 2 is 2.11 bits per heavy atom. The summed E-state index contributed by atoms with van der Waals surface area (Å²) in [5, 5.41) is 4.50. The van der Waals surface area contributed by atoms with Crippen LogP contribution >= 0.6 is 0 Å². The van der Waals surface area contributed by atoms with E-state index in [1.165, 1.54) is 17.8 Å². The highest BCUT2D eigenvalue weighted by Gasteiger charge is 2.13. The van der Waals surface area contributed by atoms with Crippen molar-refractivity contribution in [1.29, 1.82) is 0 Å². The summed E-state index contributed by atoms with van der Waals surface area (Å²) in [7, 11) is 0. The Labute approximate surface area is 112 Å². The van der Waals surface area contributed by atoms with Gasteiger partial charge in [0.25, 0.3) is 0 Å². The van der Waals surface area contributed by atoms with Gasteiger partial charge in [0, 0.05) is 17.9 Å². The van der Waals surface area contributed by atoms with Gasteiger partial charge in [0.05, 0.1) is 18.4 Å². The van der Waals surface area contributed by atoms with Gasteiger partial charge in [0.1, 0.15) is 5.82 Å². The van der Waals surface area contributed by atoms with Gasteiger partial charge < -0.3 is 5.73 Å². The van der Waals surface area contributed by atoms with Crippen molar-refractivity contribution in [3.05, 3.63) is 46.8 Å². The molecule has 0 spiro atoms. The van der Waals surface area contributed by atoms with Gasteiger partial charge in [0.15, 0.2) is 0 Å². The van der Waals surface area contributed by atoms with Gasteiger partial charge >= 0.3 is 0 Å². The molecule has 0 aromatic carbocycles. The number of nitrogens with zero attached hydrogens (tertiary/aromatic N) is 3. The standard InChI is InChI=1S/C14H19FN4/c1-9(16)4-14-10(2)18-19(11(14)3)8-12-5-13(15)7-17-6-12/h5-7,9H,4,8,16H2,1-3H3. The Bertz CT molecular complexity index is 575. The molecule has 0 aliphatic rings. The van der Waals surface area contributed by atoms with Crippen LogP contribution < -0.4 is 5.73 Å². The zero-order valence-electron chi connectivity index (χ0n) is 11.5. The van der Waals surface area contributed by atoms with Crippen molar-refractivity contribution in [1.82, 2.24) is 14.8 Å². The number of aryl methyl sites for hydroxylation is 1. The first kappa shape index (κ1) is 13.7. The number of aromatic nitrogens is 3. The summed E-state index contributed by atoms with van der Waals surface area (Å²) in [6.45, 7) is 6.50. The normalized spacial score (nSPS) is 12.7. The lowest BCUT2D eigenvalue weighted by molar-refractivity contribution is 0.608. The largest absolute Gasteiger partial charge is 0.328 e. The maximum Gasteiger partial charge on any atom is 0.141 e. The second kappa shape index (κ2) is 5.48. The van der Waals surface area contributed by atoms with Crippen LogP contribution in [0, 0.1) is 19.7 Å². The minimum absolute atomic E-state index is 0.103. The molecular formula is C14H19FN4. The third-order valence-electron chi connectivity index (χ3n) is 3.15. The molecule has 1 atom stereocenters. The van der Waals surface area contributed by atoms with E-state index in [4.69, 9.17) is 5.73 Å². The van der Waals surface area contributed by atoms with Crippen molar-refractivity contribution in [2.45, 2.75) is 39.8 Å². The van der Waals surface area contributed by atoms with Crippen molar-refractivity contribution < 1.29 is 4.39 Å². The minimum atomic E-state index is -0.324. The Balaban J connectivity index is 2.26. The molecule has 0 radical (unpaired) electrons. The molecule has 2 rings (SSSR count). The van der Waals surface area contributed by atoms with Gasteiger partial charge in [-0.25, -0.2) is 4.39 Å². The van der Waals surface area contributed by atoms with Crippen LogP contribution in [0.3, 0.4) is 0 Å². The van der Waals surface area contributed by atoms with E-state index in [0.717, 1.165) is 23.4 Å². The zero-order chi connectivity index (χ0) is 14.0. The molecule has 102 valence electrons. The second-order valence-corrected chi connectivity index (χ2v) is 5.00. The summed E-state index contributed by atoms with van der Waals surface area (Å²) in [6, 6.07) is 1.58. The summed E-state index contributed by atoms with van der Waals surface area (Å²) < 4.78 is 15.0. The monoisotopic (exact) mass is 262 g/mol. The van der Waals surface area contributed by atoms with Crippen LogP contribution in [0.15, 0.2) is 18.5 Å². The Morgan fingerprint density at radius 3 is 2.74 bits per heavy atom. The molecule has 2 N–H and O–H groups in total. The zero-order valence-corrected chi connectivity index (χ0v) is 11.5. The average Bonchev–Trinajstić information content (AvgIpc) is 2.57. The van der Waals surface area contributed by atoms with E-state index in [1.54, 1.807) is 6.20 Å². The fourth-order valence-corrected chi connectivity index (χ4v) is 2.22. The predicted molar refractivity (Wildman–Crippen MR) is 72.4 cm³/mol. The fraction of sp³-hybridized carbons (Fsp3) is 0.429.